The number of carbonyl (C=O) groups excluding carboxylic acids is 2. The Bertz CT molecular complexity index is 583. The van der Waals surface area contributed by atoms with Crippen molar-refractivity contribution in [3.63, 3.8) is 0 Å². The first-order valence-corrected chi connectivity index (χ1v) is 7.47. The molecule has 1 fully saturated rings. The summed E-state index contributed by atoms with van der Waals surface area (Å²) in [6.07, 6.45) is 0.0995. The van der Waals surface area contributed by atoms with Crippen LogP contribution >= 0.6 is 0 Å². The second-order valence-corrected chi connectivity index (χ2v) is 5.67. The zero-order valence-corrected chi connectivity index (χ0v) is 12.8. The van der Waals surface area contributed by atoms with E-state index in [0.29, 0.717) is 32.0 Å². The average molecular weight is 327 g/mol. The molecule has 126 valence electrons. The maximum atomic E-state index is 13.7. The van der Waals surface area contributed by atoms with Crippen molar-refractivity contribution in [2.24, 2.45) is 5.92 Å². The molecule has 1 aliphatic rings. The maximum absolute atomic E-state index is 13.7. The fourth-order valence-electron chi connectivity index (χ4n) is 2.47. The minimum Gasteiger partial charge on any atom is -0.463 e. The molecule has 0 bridgehead atoms. The maximum Gasteiger partial charge on any atom is 0.309 e. The number of hydrogen-bond acceptors (Lipinski definition) is 4. The Labute approximate surface area is 132 Å². The van der Waals surface area contributed by atoms with Gasteiger partial charge >= 0.3 is 5.97 Å². The third-order valence-electron chi connectivity index (χ3n) is 3.74. The van der Waals surface area contributed by atoms with Crippen LogP contribution in [0.1, 0.15) is 30.1 Å². The molecule has 2 rings (SSSR count). The molecule has 7 heteroatoms. The lowest BCUT2D eigenvalue weighted by Gasteiger charge is -2.31. The standard InChI is InChI=1S/C16H19F2NO4/c1-10(20)9-23-16(22)11-4-6-19(7-5-11)15(21)13-3-2-12(17)8-14(13)18/h2-3,8,10-11,20H,4-7,9H2,1H3. The Morgan fingerprint density at radius 1 is 1.35 bits per heavy atom. The number of ether oxygens (including phenoxy) is 1. The number of benzene rings is 1. The van der Waals surface area contributed by atoms with Crippen molar-refractivity contribution in [3.05, 3.63) is 35.4 Å². The number of piperidine rings is 1. The van der Waals surface area contributed by atoms with Gasteiger partial charge in [0.25, 0.3) is 5.91 Å². The number of nitrogens with zero attached hydrogens (tertiary/aromatic N) is 1. The molecule has 0 radical (unpaired) electrons. The smallest absolute Gasteiger partial charge is 0.309 e. The quantitative estimate of drug-likeness (QED) is 0.856. The van der Waals surface area contributed by atoms with Gasteiger partial charge in [-0.3, -0.25) is 9.59 Å². The number of aliphatic hydroxyl groups excluding tert-OH is 1. The van der Waals surface area contributed by atoms with Gasteiger partial charge < -0.3 is 14.7 Å². The Kier molecular flexibility index (Phi) is 5.65. The van der Waals surface area contributed by atoms with Crippen LogP contribution in [0.4, 0.5) is 8.78 Å². The first-order valence-electron chi connectivity index (χ1n) is 7.47. The summed E-state index contributed by atoms with van der Waals surface area (Å²) >= 11 is 0. The molecule has 0 saturated carbocycles. The minimum atomic E-state index is -0.895. The lowest BCUT2D eigenvalue weighted by molar-refractivity contribution is -0.152. The molecule has 1 amide bonds. The summed E-state index contributed by atoms with van der Waals surface area (Å²) in [6, 6.07) is 2.83. The van der Waals surface area contributed by atoms with Crippen LogP contribution in [0.5, 0.6) is 0 Å². The Morgan fingerprint density at radius 3 is 2.57 bits per heavy atom. The van der Waals surface area contributed by atoms with Gasteiger partial charge in [0.15, 0.2) is 0 Å². The topological polar surface area (TPSA) is 66.8 Å². The largest absolute Gasteiger partial charge is 0.463 e. The minimum absolute atomic E-state index is 0.0568. The molecule has 1 saturated heterocycles. The summed E-state index contributed by atoms with van der Waals surface area (Å²) in [7, 11) is 0. The Morgan fingerprint density at radius 2 is 2.00 bits per heavy atom. The van der Waals surface area contributed by atoms with Gasteiger partial charge in [-0.25, -0.2) is 8.78 Å². The second-order valence-electron chi connectivity index (χ2n) is 5.67. The van der Waals surface area contributed by atoms with Gasteiger partial charge in [-0.15, -0.1) is 0 Å². The van der Waals surface area contributed by atoms with Crippen molar-refractivity contribution in [1.82, 2.24) is 4.90 Å². The predicted molar refractivity (Wildman–Crippen MR) is 77.6 cm³/mol. The summed E-state index contributed by atoms with van der Waals surface area (Å²) in [5.41, 5.74) is -0.179. The molecule has 0 spiro atoms. The van der Waals surface area contributed by atoms with E-state index in [-0.39, 0.29) is 18.1 Å². The number of hydrogen-bond donors (Lipinski definition) is 1. The molecule has 1 aliphatic heterocycles. The van der Waals surface area contributed by atoms with E-state index >= 15 is 0 Å². The summed E-state index contributed by atoms with van der Waals surface area (Å²) in [6.45, 7) is 2.05. The molecule has 23 heavy (non-hydrogen) atoms. The van der Waals surface area contributed by atoms with E-state index in [1.807, 2.05) is 0 Å². The van der Waals surface area contributed by atoms with Crippen LogP contribution in [0.25, 0.3) is 0 Å². The van der Waals surface area contributed by atoms with Crippen LogP contribution in [0.3, 0.4) is 0 Å². The monoisotopic (exact) mass is 327 g/mol. The molecule has 1 N–H and O–H groups in total. The van der Waals surface area contributed by atoms with E-state index in [4.69, 9.17) is 9.84 Å². The molecule has 0 aliphatic carbocycles. The van der Waals surface area contributed by atoms with Crippen molar-refractivity contribution >= 4 is 11.9 Å². The molecule has 1 aromatic carbocycles. The Hall–Kier alpha value is -2.02. The highest BCUT2D eigenvalue weighted by Gasteiger charge is 2.29. The molecule has 1 atom stereocenters. The molecular weight excluding hydrogens is 308 g/mol. The number of amides is 1. The normalized spacial score (nSPS) is 17.0. The highest BCUT2D eigenvalue weighted by Crippen LogP contribution is 2.21. The van der Waals surface area contributed by atoms with Crippen molar-refractivity contribution < 1.29 is 28.2 Å². The van der Waals surface area contributed by atoms with E-state index in [1.165, 1.54) is 11.8 Å². The highest BCUT2D eigenvalue weighted by atomic mass is 19.1. The summed E-state index contributed by atoms with van der Waals surface area (Å²) < 4.78 is 31.5. The van der Waals surface area contributed by atoms with E-state index in [2.05, 4.69) is 0 Å². The van der Waals surface area contributed by atoms with Crippen LogP contribution in [0.2, 0.25) is 0 Å². The van der Waals surface area contributed by atoms with Crippen LogP contribution in [0, 0.1) is 17.6 Å². The van der Waals surface area contributed by atoms with Gasteiger partial charge in [-0.2, -0.15) is 0 Å². The van der Waals surface area contributed by atoms with Gasteiger partial charge in [-0.1, -0.05) is 0 Å². The summed E-state index contributed by atoms with van der Waals surface area (Å²) in [5.74, 6) is -2.88. The zero-order chi connectivity index (χ0) is 17.0. The number of carbonyl (C=O) groups is 2. The van der Waals surface area contributed by atoms with Crippen molar-refractivity contribution in [2.75, 3.05) is 19.7 Å². The highest BCUT2D eigenvalue weighted by molar-refractivity contribution is 5.94. The summed E-state index contributed by atoms with van der Waals surface area (Å²) in [4.78, 5) is 25.5. The fraction of sp³-hybridized carbons (Fsp3) is 0.500. The van der Waals surface area contributed by atoms with Gasteiger partial charge in [0, 0.05) is 19.2 Å². The van der Waals surface area contributed by atoms with Gasteiger partial charge in [0.2, 0.25) is 0 Å². The lowest BCUT2D eigenvalue weighted by Crippen LogP contribution is -2.41. The molecule has 5 nitrogen and oxygen atoms in total. The molecule has 0 aromatic heterocycles. The SMILES string of the molecule is CC(O)COC(=O)C1CCN(C(=O)c2ccc(F)cc2F)CC1. The van der Waals surface area contributed by atoms with E-state index in [0.717, 1.165) is 12.1 Å². The van der Waals surface area contributed by atoms with Crippen LogP contribution in [0.15, 0.2) is 18.2 Å². The molecule has 1 unspecified atom stereocenters. The summed E-state index contributed by atoms with van der Waals surface area (Å²) in [5, 5.41) is 9.09. The van der Waals surface area contributed by atoms with E-state index in [9.17, 15) is 18.4 Å². The first-order chi connectivity index (χ1) is 10.9. The molecular formula is C16H19F2NO4. The third kappa shape index (κ3) is 4.48. The van der Waals surface area contributed by atoms with E-state index < -0.39 is 29.6 Å². The number of halogens is 2. The Balaban J connectivity index is 1.91. The number of esters is 1. The lowest BCUT2D eigenvalue weighted by atomic mass is 9.96. The zero-order valence-electron chi connectivity index (χ0n) is 12.8. The number of likely N-dealkylation sites (tertiary alicyclic amines) is 1. The third-order valence-corrected chi connectivity index (χ3v) is 3.74. The van der Waals surface area contributed by atoms with Crippen molar-refractivity contribution in [2.45, 2.75) is 25.9 Å². The number of aliphatic hydroxyl groups is 1. The van der Waals surface area contributed by atoms with Crippen molar-refractivity contribution in [3.8, 4) is 0 Å². The van der Waals surface area contributed by atoms with Gasteiger partial charge in [-0.05, 0) is 31.9 Å². The molecule has 1 aromatic rings. The van der Waals surface area contributed by atoms with Gasteiger partial charge in [0.05, 0.1) is 17.6 Å². The van der Waals surface area contributed by atoms with Gasteiger partial charge in [0.1, 0.15) is 18.2 Å². The van der Waals surface area contributed by atoms with Crippen LogP contribution in [-0.4, -0.2) is 47.7 Å². The number of rotatable bonds is 4. The van der Waals surface area contributed by atoms with Crippen LogP contribution in [-0.2, 0) is 9.53 Å². The van der Waals surface area contributed by atoms with E-state index in [1.54, 1.807) is 0 Å². The first kappa shape index (κ1) is 17.3. The predicted octanol–water partition coefficient (Wildman–Crippen LogP) is 1.74. The van der Waals surface area contributed by atoms with Crippen LogP contribution < -0.4 is 0 Å². The molecule has 1 heterocycles. The fourth-order valence-corrected chi connectivity index (χ4v) is 2.47. The second kappa shape index (κ2) is 7.50. The average Bonchev–Trinajstić information content (AvgIpc) is 2.52. The van der Waals surface area contributed by atoms with Crippen molar-refractivity contribution in [1.29, 1.82) is 0 Å².